The second kappa shape index (κ2) is 7.09. The molecule has 0 aliphatic heterocycles. The van der Waals surface area contributed by atoms with E-state index >= 15 is 0 Å². The summed E-state index contributed by atoms with van der Waals surface area (Å²) in [6.45, 7) is 6.21. The van der Waals surface area contributed by atoms with Crippen molar-refractivity contribution >= 4 is 27.3 Å². The Hall–Kier alpha value is -2.38. The summed E-state index contributed by atoms with van der Waals surface area (Å²) in [6, 6.07) is 10.7. The Morgan fingerprint density at radius 3 is 2.58 bits per heavy atom. The van der Waals surface area contributed by atoms with Crippen molar-refractivity contribution in [2.45, 2.75) is 32.2 Å². The number of aryl methyl sites for hydroxylation is 3. The second-order valence-corrected chi connectivity index (χ2v) is 8.21. The molecule has 0 spiro atoms. The minimum atomic E-state index is -3.74. The zero-order chi connectivity index (χ0) is 18.9. The number of pyridine rings is 1. The van der Waals surface area contributed by atoms with E-state index in [9.17, 15) is 8.42 Å². The Labute approximate surface area is 157 Å². The summed E-state index contributed by atoms with van der Waals surface area (Å²) in [7, 11) is -3.74. The Balaban J connectivity index is 1.83. The van der Waals surface area contributed by atoms with Crippen LogP contribution in [0.25, 0.3) is 0 Å². The maximum Gasteiger partial charge on any atom is 0.263 e. The maximum absolute atomic E-state index is 12.6. The quantitative estimate of drug-likeness (QED) is 0.674. The van der Waals surface area contributed by atoms with E-state index in [1.807, 2.05) is 36.7 Å². The van der Waals surface area contributed by atoms with Crippen LogP contribution in [0.2, 0.25) is 5.15 Å². The third-order valence-corrected chi connectivity index (χ3v) is 5.66. The van der Waals surface area contributed by atoms with Gasteiger partial charge in [-0.05, 0) is 56.2 Å². The van der Waals surface area contributed by atoms with E-state index in [0.29, 0.717) is 17.8 Å². The van der Waals surface area contributed by atoms with Crippen molar-refractivity contribution < 1.29 is 8.42 Å². The summed E-state index contributed by atoms with van der Waals surface area (Å²) in [5, 5.41) is 4.72. The Kier molecular flexibility index (Phi) is 5.02. The van der Waals surface area contributed by atoms with Crippen molar-refractivity contribution in [2.75, 3.05) is 4.72 Å². The maximum atomic E-state index is 12.6. The van der Waals surface area contributed by atoms with Crippen LogP contribution in [0, 0.1) is 20.8 Å². The molecule has 0 saturated carbocycles. The average molecular weight is 391 g/mol. The molecule has 3 aromatic rings. The van der Waals surface area contributed by atoms with E-state index in [1.54, 1.807) is 19.1 Å². The fourth-order valence-electron chi connectivity index (χ4n) is 2.63. The summed E-state index contributed by atoms with van der Waals surface area (Å²) in [4.78, 5) is 3.98. The number of nitrogens with zero attached hydrogens (tertiary/aromatic N) is 3. The number of hydrogen-bond acceptors (Lipinski definition) is 4. The monoisotopic (exact) mass is 390 g/mol. The third-order valence-electron chi connectivity index (χ3n) is 3.91. The first kappa shape index (κ1) is 18.4. The number of hydrogen-bond donors (Lipinski definition) is 1. The minimum absolute atomic E-state index is 0.0725. The lowest BCUT2D eigenvalue weighted by atomic mass is 10.2. The van der Waals surface area contributed by atoms with Crippen LogP contribution in [0.15, 0.2) is 47.5 Å². The van der Waals surface area contributed by atoms with Crippen molar-refractivity contribution in [2.24, 2.45) is 0 Å². The third kappa shape index (κ3) is 4.05. The summed E-state index contributed by atoms with van der Waals surface area (Å²) in [6.07, 6.45) is 1.25. The lowest BCUT2D eigenvalue weighted by Gasteiger charge is -2.11. The van der Waals surface area contributed by atoms with Crippen LogP contribution in [0.4, 0.5) is 5.69 Å². The van der Waals surface area contributed by atoms with E-state index in [1.165, 1.54) is 12.3 Å². The van der Waals surface area contributed by atoms with Gasteiger partial charge in [-0.15, -0.1) is 0 Å². The molecule has 0 amide bonds. The van der Waals surface area contributed by atoms with E-state index in [4.69, 9.17) is 11.6 Å². The molecule has 0 radical (unpaired) electrons. The topological polar surface area (TPSA) is 76.9 Å². The van der Waals surface area contributed by atoms with Crippen molar-refractivity contribution in [1.82, 2.24) is 14.8 Å². The highest BCUT2D eigenvalue weighted by Crippen LogP contribution is 2.20. The number of aromatic nitrogens is 3. The highest BCUT2D eigenvalue weighted by molar-refractivity contribution is 7.92. The predicted molar refractivity (Wildman–Crippen MR) is 102 cm³/mol. The van der Waals surface area contributed by atoms with Gasteiger partial charge in [0.05, 0.1) is 12.2 Å². The van der Waals surface area contributed by atoms with Gasteiger partial charge < -0.3 is 0 Å². The van der Waals surface area contributed by atoms with Crippen LogP contribution in [0.3, 0.4) is 0 Å². The number of halogens is 1. The predicted octanol–water partition coefficient (Wildman–Crippen LogP) is 3.71. The van der Waals surface area contributed by atoms with Gasteiger partial charge in [-0.25, -0.2) is 13.4 Å². The molecule has 0 unspecified atom stereocenters. The Morgan fingerprint density at radius 1 is 1.15 bits per heavy atom. The molecule has 0 bridgehead atoms. The SMILES string of the molecule is Cc1cc(C)n(Cc2cccc(NS(=O)(=O)c3cnc(Cl)c(C)c3)c2)n1. The molecule has 0 saturated heterocycles. The normalized spacial score (nSPS) is 11.5. The molecule has 2 heterocycles. The van der Waals surface area contributed by atoms with Gasteiger partial charge in [0.1, 0.15) is 10.0 Å². The number of sulfonamides is 1. The van der Waals surface area contributed by atoms with Crippen molar-refractivity contribution in [3.05, 3.63) is 70.3 Å². The summed E-state index contributed by atoms with van der Waals surface area (Å²) < 4.78 is 29.6. The first-order chi connectivity index (χ1) is 12.2. The number of nitrogens with one attached hydrogen (secondary N) is 1. The average Bonchev–Trinajstić information content (AvgIpc) is 2.87. The molecule has 8 heteroatoms. The summed E-state index contributed by atoms with van der Waals surface area (Å²) >= 11 is 5.87. The molecule has 0 fully saturated rings. The van der Waals surface area contributed by atoms with Crippen molar-refractivity contribution in [3.8, 4) is 0 Å². The first-order valence-corrected chi connectivity index (χ1v) is 9.86. The summed E-state index contributed by atoms with van der Waals surface area (Å²) in [5.41, 5.74) is 4.03. The van der Waals surface area contributed by atoms with Gasteiger partial charge in [-0.3, -0.25) is 9.40 Å². The van der Waals surface area contributed by atoms with Crippen LogP contribution in [-0.4, -0.2) is 23.2 Å². The minimum Gasteiger partial charge on any atom is -0.280 e. The molecule has 2 aromatic heterocycles. The van der Waals surface area contributed by atoms with Crippen LogP contribution >= 0.6 is 11.6 Å². The molecule has 26 heavy (non-hydrogen) atoms. The van der Waals surface area contributed by atoms with Gasteiger partial charge in [-0.1, -0.05) is 23.7 Å². The standard InChI is InChI=1S/C18H19ClN4O2S/c1-12-7-17(10-20-18(12)19)26(24,25)22-16-6-4-5-15(9-16)11-23-14(3)8-13(2)21-23/h4-10,22H,11H2,1-3H3. The molecule has 0 aliphatic carbocycles. The zero-order valence-electron chi connectivity index (χ0n) is 14.7. The van der Waals surface area contributed by atoms with E-state index in [0.717, 1.165) is 17.0 Å². The largest absolute Gasteiger partial charge is 0.280 e. The fraction of sp³-hybridized carbons (Fsp3) is 0.222. The fourth-order valence-corrected chi connectivity index (χ4v) is 3.82. The lowest BCUT2D eigenvalue weighted by molar-refractivity contribution is 0.600. The van der Waals surface area contributed by atoms with Crippen molar-refractivity contribution in [3.63, 3.8) is 0 Å². The smallest absolute Gasteiger partial charge is 0.263 e. The van der Waals surface area contributed by atoms with Gasteiger partial charge in [-0.2, -0.15) is 5.10 Å². The Bertz CT molecular complexity index is 1060. The molecular weight excluding hydrogens is 372 g/mol. The van der Waals surface area contributed by atoms with E-state index in [-0.39, 0.29) is 10.0 Å². The van der Waals surface area contributed by atoms with Crippen molar-refractivity contribution in [1.29, 1.82) is 0 Å². The molecule has 0 atom stereocenters. The highest BCUT2D eigenvalue weighted by Gasteiger charge is 2.16. The number of rotatable bonds is 5. The second-order valence-electron chi connectivity index (χ2n) is 6.17. The molecular formula is C18H19ClN4O2S. The van der Waals surface area contributed by atoms with E-state index in [2.05, 4.69) is 14.8 Å². The lowest BCUT2D eigenvalue weighted by Crippen LogP contribution is -2.14. The number of anilines is 1. The summed E-state index contributed by atoms with van der Waals surface area (Å²) in [5.74, 6) is 0. The number of benzene rings is 1. The zero-order valence-corrected chi connectivity index (χ0v) is 16.3. The van der Waals surface area contributed by atoms with Crippen LogP contribution in [0.5, 0.6) is 0 Å². The van der Waals surface area contributed by atoms with Gasteiger partial charge in [0.2, 0.25) is 0 Å². The van der Waals surface area contributed by atoms with Gasteiger partial charge in [0.15, 0.2) is 0 Å². The first-order valence-electron chi connectivity index (χ1n) is 7.99. The molecule has 1 aromatic carbocycles. The molecule has 1 N–H and O–H groups in total. The molecule has 6 nitrogen and oxygen atoms in total. The molecule has 136 valence electrons. The Morgan fingerprint density at radius 2 is 1.92 bits per heavy atom. The van der Waals surface area contributed by atoms with Crippen LogP contribution in [0.1, 0.15) is 22.5 Å². The van der Waals surface area contributed by atoms with E-state index < -0.39 is 10.0 Å². The van der Waals surface area contributed by atoms with Crippen LogP contribution in [-0.2, 0) is 16.6 Å². The molecule has 0 aliphatic rings. The van der Waals surface area contributed by atoms with Gasteiger partial charge in [0.25, 0.3) is 10.0 Å². The van der Waals surface area contributed by atoms with Crippen LogP contribution < -0.4 is 4.72 Å². The van der Waals surface area contributed by atoms with Gasteiger partial charge >= 0.3 is 0 Å². The van der Waals surface area contributed by atoms with Gasteiger partial charge in [0, 0.05) is 17.6 Å². The highest BCUT2D eigenvalue weighted by atomic mass is 35.5. The molecule has 3 rings (SSSR count).